The minimum atomic E-state index is -0.139. The van der Waals surface area contributed by atoms with E-state index in [1.807, 2.05) is 244 Å². The topological polar surface area (TPSA) is 242 Å². The molecule has 0 unspecified atom stereocenters. The predicted octanol–water partition coefficient (Wildman–Crippen LogP) is 19.0. The van der Waals surface area contributed by atoms with Crippen molar-refractivity contribution < 1.29 is 47.9 Å². The molecule has 0 radical (unpaired) electrons. The standard InChI is InChI=1S/C26H23N3O2.C25H28N2O2.C25H21NO2.C22H23N3O2.C22H22N2O2/c30-25-21-13-7-8-14-22(21)26(31)24(23(25)27-19-9-3-1-4-10-19)29-17-15-28(16-18-29)20-11-5-2-6-12-20;28-24-20-12-5-6-13-21(20)25(29)23(22(24)18-19-10-3-1-4-11-19)26-14-9-17-27-15-7-2-8-16-27;1-17(19-12-6-3-7-13-19)26-23-22(16-18-10-4-2-5-11-18)24(27)20-14-8-9-15-21(20)25(23)28;1-2-24-12-14-25(15-13-24)20-19(23-16-8-4-3-5-9-16)21(26)17-10-6-7-11-18(17)22(20)27;1-23-11-13-24(14-12-23)20-19(15-16-7-3-2-4-8-16)21(25)17-9-5-6-10-18(17)22(20)26/h1-14,27H,15-18H2;1,3-6,10-13,26H,2,7-9,14-18H2;2-15,17,26H,16H2,1H3;3-11,23H,2,12-15H2,1H3;2-10H,11-15H2,1H3/t;;17-;;/m..1../s1. The number of para-hydroxylation sites is 3. The smallest absolute Gasteiger partial charge is 0.212 e. The second-order valence-corrected chi connectivity index (χ2v) is 36.5. The van der Waals surface area contributed by atoms with Gasteiger partial charge in [0.15, 0.2) is 17.3 Å². The fourth-order valence-electron chi connectivity index (χ4n) is 19.6. The van der Waals surface area contributed by atoms with Gasteiger partial charge in [-0.2, -0.15) is 0 Å². The molecule has 0 spiro atoms. The van der Waals surface area contributed by atoms with E-state index in [1.54, 1.807) is 84.9 Å². The van der Waals surface area contributed by atoms with Gasteiger partial charge in [-0.05, 0) is 118 Å². The number of fused-ring (bicyclic) bond motifs is 5. The monoisotopic (exact) mass is 1870 g/mol. The Kier molecular flexibility index (Phi) is 31.8. The number of nitrogens with zero attached hydrogens (tertiary/aromatic N) is 7. The predicted molar refractivity (Wildman–Crippen MR) is 555 cm³/mol. The van der Waals surface area contributed by atoms with E-state index in [-0.39, 0.29) is 63.9 Å². The molecule has 4 saturated heterocycles. The molecular weight excluding hydrogens is 1760 g/mol. The van der Waals surface area contributed by atoms with E-state index in [9.17, 15) is 47.9 Å². The molecular formula is C120H117N11O10. The van der Waals surface area contributed by atoms with Gasteiger partial charge in [0, 0.05) is 200 Å². The third-order valence-electron chi connectivity index (χ3n) is 27.3. The van der Waals surface area contributed by atoms with Crippen molar-refractivity contribution in [2.24, 2.45) is 0 Å². The Hall–Kier alpha value is -15.7. The number of hydrogen-bond donors (Lipinski definition) is 4. The molecule has 12 aromatic rings. The lowest BCUT2D eigenvalue weighted by Crippen LogP contribution is -2.48. The lowest BCUT2D eigenvalue weighted by atomic mass is 9.83. The molecule has 712 valence electrons. The normalized spacial score (nSPS) is 16.9. The number of ketones is 10. The van der Waals surface area contributed by atoms with Gasteiger partial charge in [0.25, 0.3) is 0 Å². The highest BCUT2D eigenvalue weighted by molar-refractivity contribution is 6.31. The number of nitrogens with one attached hydrogen (secondary N) is 4. The Bertz CT molecular complexity index is 6770. The average Bonchev–Trinajstić information content (AvgIpc) is 0.765. The summed E-state index contributed by atoms with van der Waals surface area (Å²) in [6.45, 7) is 18.7. The summed E-state index contributed by atoms with van der Waals surface area (Å²) < 4.78 is 0. The van der Waals surface area contributed by atoms with Crippen LogP contribution in [0.5, 0.6) is 0 Å². The van der Waals surface area contributed by atoms with Crippen LogP contribution in [0, 0.1) is 0 Å². The highest BCUT2D eigenvalue weighted by Gasteiger charge is 2.42. The molecule has 12 aromatic carbocycles. The lowest BCUT2D eigenvalue weighted by molar-refractivity contribution is 0.0909. The zero-order valence-corrected chi connectivity index (χ0v) is 80.0. The second kappa shape index (κ2) is 46.2. The summed E-state index contributed by atoms with van der Waals surface area (Å²) in [6, 6.07) is 104. The molecule has 0 amide bonds. The van der Waals surface area contributed by atoms with E-state index >= 15 is 0 Å². The summed E-state index contributed by atoms with van der Waals surface area (Å²) in [5, 5.41) is 13.1. The number of anilines is 3. The summed E-state index contributed by atoms with van der Waals surface area (Å²) in [6.07, 6.45) is 6.23. The van der Waals surface area contributed by atoms with Gasteiger partial charge in [0.1, 0.15) is 22.8 Å². The first-order valence-corrected chi connectivity index (χ1v) is 49.0. The first kappa shape index (κ1) is 97.0. The quantitative estimate of drug-likeness (QED) is 0.0435. The van der Waals surface area contributed by atoms with Crippen LogP contribution in [0.3, 0.4) is 0 Å². The van der Waals surface area contributed by atoms with Gasteiger partial charge in [-0.1, -0.05) is 311 Å². The maximum Gasteiger partial charge on any atom is 0.212 e. The van der Waals surface area contributed by atoms with Crippen molar-refractivity contribution in [1.82, 2.24) is 40.0 Å². The number of rotatable bonds is 23. The second-order valence-electron chi connectivity index (χ2n) is 36.5. The Labute approximate surface area is 824 Å². The molecule has 0 saturated carbocycles. The van der Waals surface area contributed by atoms with E-state index in [2.05, 4.69) is 81.7 Å². The summed E-state index contributed by atoms with van der Waals surface area (Å²) in [4.78, 5) is 148. The van der Waals surface area contributed by atoms with Gasteiger partial charge in [-0.15, -0.1) is 0 Å². The van der Waals surface area contributed by atoms with Crippen LogP contribution in [0.1, 0.15) is 171 Å². The van der Waals surface area contributed by atoms with Crippen LogP contribution >= 0.6 is 0 Å². The average molecular weight is 1870 g/mol. The molecule has 21 heteroatoms. The Morgan fingerprint density at radius 3 is 0.972 bits per heavy atom. The number of carbonyl (C=O) groups is 10. The van der Waals surface area contributed by atoms with Gasteiger partial charge in [-0.3, -0.25) is 47.9 Å². The number of Topliss-reactive ketones (excluding diaryl/α,β-unsaturated/α-hetero) is 10. The van der Waals surface area contributed by atoms with Crippen LogP contribution in [0.15, 0.2) is 390 Å². The highest BCUT2D eigenvalue weighted by Crippen LogP contribution is 2.38. The Morgan fingerprint density at radius 2 is 0.567 bits per heavy atom. The van der Waals surface area contributed by atoms with Crippen LogP contribution in [0.2, 0.25) is 0 Å². The van der Waals surface area contributed by atoms with E-state index in [0.29, 0.717) is 151 Å². The van der Waals surface area contributed by atoms with Gasteiger partial charge in [0.2, 0.25) is 40.5 Å². The maximum absolute atomic E-state index is 13.5. The zero-order chi connectivity index (χ0) is 97.7. The number of allylic oxidation sites excluding steroid dienone is 10. The van der Waals surface area contributed by atoms with E-state index in [4.69, 9.17) is 0 Å². The number of carbonyl (C=O) groups excluding carboxylic acids is 10. The SMILES string of the molecule is CCN1CCN(C2=C(Nc3ccccc3)C(=O)c3ccccc3C2=O)CC1.CN1CCN(C2=C(Cc3ccccc3)C(=O)c3ccccc3C2=O)CC1.C[C@@H](NC1=C(Cc2ccccc2)C(=O)c2ccccc2C1=O)c1ccccc1.O=C1C(Cc2ccccc2)=C(NCCCN2CCCCC2)C(=O)c2ccccc21.O=C1C(Nc2ccccc2)=C(N2CCN(c3ccccc3)CC2)C(=O)c2ccccc21. The van der Waals surface area contributed by atoms with Crippen molar-refractivity contribution in [1.29, 1.82) is 0 Å². The van der Waals surface area contributed by atoms with Gasteiger partial charge in [-0.25, -0.2) is 0 Å². The first-order valence-electron chi connectivity index (χ1n) is 49.0. The van der Waals surface area contributed by atoms with E-state index in [1.165, 1.54) is 38.0 Å². The first-order chi connectivity index (χ1) is 68.9. The van der Waals surface area contributed by atoms with Crippen molar-refractivity contribution in [3.8, 4) is 0 Å². The molecule has 4 fully saturated rings. The van der Waals surface area contributed by atoms with Gasteiger partial charge in [0.05, 0.1) is 17.1 Å². The minimum absolute atomic E-state index is 0.0158. The molecule has 0 bridgehead atoms. The van der Waals surface area contributed by atoms with Crippen LogP contribution in [0.4, 0.5) is 17.1 Å². The van der Waals surface area contributed by atoms with Crippen molar-refractivity contribution in [3.63, 3.8) is 0 Å². The minimum Gasteiger partial charge on any atom is -0.381 e. The molecule has 4 aliphatic heterocycles. The summed E-state index contributed by atoms with van der Waals surface area (Å²) in [5.74, 6) is -0.775. The largest absolute Gasteiger partial charge is 0.381 e. The van der Waals surface area contributed by atoms with Crippen molar-refractivity contribution in [2.75, 3.05) is 134 Å². The molecule has 1 atom stereocenters. The number of benzene rings is 12. The third kappa shape index (κ3) is 22.7. The molecule has 9 aliphatic rings. The third-order valence-corrected chi connectivity index (χ3v) is 27.3. The summed E-state index contributed by atoms with van der Waals surface area (Å²) in [7, 11) is 2.08. The van der Waals surface area contributed by atoms with Crippen LogP contribution < -0.4 is 26.2 Å². The zero-order valence-electron chi connectivity index (χ0n) is 80.0. The molecule has 4 N–H and O–H groups in total. The van der Waals surface area contributed by atoms with Gasteiger partial charge < -0.3 is 55.6 Å². The highest BCUT2D eigenvalue weighted by atomic mass is 16.2. The molecule has 21 rings (SSSR count). The fourth-order valence-corrected chi connectivity index (χ4v) is 19.6. The molecule has 0 aromatic heterocycles. The van der Waals surface area contributed by atoms with Crippen molar-refractivity contribution in [2.45, 2.75) is 64.8 Å². The number of likely N-dealkylation sites (N-methyl/N-ethyl adjacent to an activating group) is 2. The Morgan fingerprint density at radius 1 is 0.270 bits per heavy atom. The van der Waals surface area contributed by atoms with E-state index < -0.39 is 0 Å². The van der Waals surface area contributed by atoms with Crippen LogP contribution in [-0.4, -0.2) is 206 Å². The molecule has 21 nitrogen and oxygen atoms in total. The number of hydrogen-bond acceptors (Lipinski definition) is 21. The summed E-state index contributed by atoms with van der Waals surface area (Å²) in [5.41, 5.74) is 16.8. The van der Waals surface area contributed by atoms with Crippen LogP contribution in [-0.2, 0) is 19.3 Å². The maximum atomic E-state index is 13.5. The number of piperazine rings is 3. The molecule has 5 aliphatic carbocycles. The molecule has 141 heavy (non-hydrogen) atoms. The number of likely N-dealkylation sites (tertiary alicyclic amines) is 1. The van der Waals surface area contributed by atoms with Crippen molar-refractivity contribution in [3.05, 3.63) is 468 Å². The summed E-state index contributed by atoms with van der Waals surface area (Å²) >= 11 is 0. The Balaban J connectivity index is 0.000000122. The van der Waals surface area contributed by atoms with Gasteiger partial charge >= 0.3 is 0 Å². The van der Waals surface area contributed by atoms with Crippen molar-refractivity contribution >= 4 is 74.9 Å². The van der Waals surface area contributed by atoms with Crippen LogP contribution in [0.25, 0.3) is 0 Å². The fraction of sp³-hybridized carbons (Fsp3) is 0.233. The number of piperidine rings is 1. The molecule has 4 heterocycles. The van der Waals surface area contributed by atoms with E-state index in [0.717, 1.165) is 119 Å². The lowest BCUT2D eigenvalue weighted by Gasteiger charge is -2.39.